The van der Waals surface area contributed by atoms with Crippen molar-refractivity contribution in [3.05, 3.63) is 88.6 Å². The highest BCUT2D eigenvalue weighted by atomic mass is 16.6. The van der Waals surface area contributed by atoms with Gasteiger partial charge in [0.05, 0.1) is 18.1 Å². The molecule has 0 radical (unpaired) electrons. The Balaban J connectivity index is 1.61. The van der Waals surface area contributed by atoms with Gasteiger partial charge in [-0.05, 0) is 55.3 Å². The molecule has 0 bridgehead atoms. The van der Waals surface area contributed by atoms with Crippen molar-refractivity contribution in [2.24, 2.45) is 0 Å². The second-order valence-corrected chi connectivity index (χ2v) is 9.80. The number of hydrogen-bond acceptors (Lipinski definition) is 6. The number of nitrogens with one attached hydrogen (secondary N) is 2. The van der Waals surface area contributed by atoms with Gasteiger partial charge in [0.2, 0.25) is 0 Å². The van der Waals surface area contributed by atoms with Gasteiger partial charge in [-0.25, -0.2) is 14.6 Å². The molecule has 0 spiro atoms. The first-order valence-electron chi connectivity index (χ1n) is 12.3. The van der Waals surface area contributed by atoms with E-state index in [-0.39, 0.29) is 6.42 Å². The number of allylic oxidation sites excluding steroid dienone is 2. The smallest absolute Gasteiger partial charge is 0.408 e. The minimum Gasteiger partial charge on any atom is -0.480 e. The lowest BCUT2D eigenvalue weighted by Crippen LogP contribution is -2.44. The Bertz CT molecular complexity index is 1390. The number of nitrogens with zero attached hydrogens (tertiary/aromatic N) is 2. The van der Waals surface area contributed by atoms with Crippen LogP contribution in [-0.4, -0.2) is 38.8 Å². The van der Waals surface area contributed by atoms with Crippen LogP contribution in [0.25, 0.3) is 23.9 Å². The van der Waals surface area contributed by atoms with Gasteiger partial charge in [0.1, 0.15) is 17.5 Å². The van der Waals surface area contributed by atoms with Crippen LogP contribution in [0.5, 0.6) is 0 Å². The minimum absolute atomic E-state index is 0.118. The largest absolute Gasteiger partial charge is 0.480 e. The van der Waals surface area contributed by atoms with Crippen molar-refractivity contribution in [3.63, 3.8) is 0 Å². The number of carboxylic acid groups (broad SMARTS) is 1. The number of aliphatic carboxylic acids is 1. The maximum Gasteiger partial charge on any atom is 0.408 e. The Kier molecular flexibility index (Phi) is 9.38. The van der Waals surface area contributed by atoms with Crippen molar-refractivity contribution < 1.29 is 19.4 Å². The summed E-state index contributed by atoms with van der Waals surface area (Å²) in [7, 11) is 0. The van der Waals surface area contributed by atoms with Crippen molar-refractivity contribution >= 4 is 30.5 Å². The van der Waals surface area contributed by atoms with Gasteiger partial charge in [-0.2, -0.15) is 0 Å². The molecule has 198 valence electrons. The van der Waals surface area contributed by atoms with Crippen LogP contribution in [0.1, 0.15) is 38.8 Å². The number of carbonyl (C=O) groups is 2. The lowest BCUT2D eigenvalue weighted by Gasteiger charge is -2.22. The molecule has 1 aromatic heterocycles. The van der Waals surface area contributed by atoms with E-state index in [1.807, 2.05) is 61.5 Å². The Morgan fingerprint density at radius 3 is 2.39 bits per heavy atom. The number of carbonyl (C=O) groups excluding carboxylic acids is 1. The molecule has 8 heteroatoms. The van der Waals surface area contributed by atoms with Crippen LogP contribution in [0.2, 0.25) is 0 Å². The second kappa shape index (κ2) is 12.7. The maximum absolute atomic E-state index is 12.0. The molecule has 1 atom stereocenters. The summed E-state index contributed by atoms with van der Waals surface area (Å²) < 4.78 is 5.17. The predicted octanol–water partition coefficient (Wildman–Crippen LogP) is 4.04. The van der Waals surface area contributed by atoms with E-state index < -0.39 is 23.7 Å². The summed E-state index contributed by atoms with van der Waals surface area (Å²) in [6, 6.07) is 12.3. The molecule has 3 rings (SSSR count). The normalized spacial score (nSPS) is 12.8. The summed E-state index contributed by atoms with van der Waals surface area (Å²) in [5.74, 6) is -0.482. The molecule has 2 aromatic carbocycles. The van der Waals surface area contributed by atoms with Gasteiger partial charge < -0.3 is 20.5 Å². The van der Waals surface area contributed by atoms with E-state index in [1.165, 1.54) is 0 Å². The number of benzene rings is 2. The Morgan fingerprint density at radius 2 is 1.79 bits per heavy atom. The zero-order valence-electron chi connectivity index (χ0n) is 22.2. The van der Waals surface area contributed by atoms with E-state index in [9.17, 15) is 14.7 Å². The number of amides is 1. The summed E-state index contributed by atoms with van der Waals surface area (Å²) in [5.41, 5.74) is 2.68. The second-order valence-electron chi connectivity index (χ2n) is 9.80. The van der Waals surface area contributed by atoms with E-state index >= 15 is 0 Å². The number of rotatable bonds is 9. The fourth-order valence-corrected chi connectivity index (χ4v) is 3.57. The Labute approximate surface area is 222 Å². The molecular weight excluding hydrogens is 480 g/mol. The number of carboxylic acids is 1. The molecular formula is C30H34N4O4. The molecule has 0 fully saturated rings. The fourth-order valence-electron chi connectivity index (χ4n) is 3.57. The Morgan fingerprint density at radius 1 is 1.08 bits per heavy atom. The molecule has 0 saturated carbocycles. The van der Waals surface area contributed by atoms with E-state index in [1.54, 1.807) is 33.2 Å². The molecule has 0 unspecified atom stereocenters. The predicted molar refractivity (Wildman–Crippen MR) is 150 cm³/mol. The first-order valence-corrected chi connectivity index (χ1v) is 12.3. The molecule has 0 aliphatic carbocycles. The van der Waals surface area contributed by atoms with Gasteiger partial charge in [-0.15, -0.1) is 0 Å². The van der Waals surface area contributed by atoms with Crippen molar-refractivity contribution in [2.75, 3.05) is 5.32 Å². The van der Waals surface area contributed by atoms with E-state index in [0.29, 0.717) is 18.1 Å². The van der Waals surface area contributed by atoms with Crippen molar-refractivity contribution in [2.45, 2.75) is 52.3 Å². The molecule has 0 aliphatic heterocycles. The van der Waals surface area contributed by atoms with Crippen LogP contribution in [0.4, 0.5) is 10.6 Å². The summed E-state index contributed by atoms with van der Waals surface area (Å²) in [5, 5.41) is 17.3. The summed E-state index contributed by atoms with van der Waals surface area (Å²) in [4.78, 5) is 32.6. The summed E-state index contributed by atoms with van der Waals surface area (Å²) in [6.45, 7) is 11.8. The molecule has 3 N–H and O–H groups in total. The van der Waals surface area contributed by atoms with Crippen LogP contribution in [0, 0.1) is 0 Å². The average Bonchev–Trinajstić information content (AvgIpc) is 2.86. The van der Waals surface area contributed by atoms with E-state index in [0.717, 1.165) is 27.1 Å². The van der Waals surface area contributed by atoms with E-state index in [4.69, 9.17) is 4.74 Å². The molecule has 38 heavy (non-hydrogen) atoms. The van der Waals surface area contributed by atoms with Gasteiger partial charge in [-0.3, -0.25) is 4.98 Å². The molecule has 0 saturated heterocycles. The van der Waals surface area contributed by atoms with Gasteiger partial charge in [0, 0.05) is 18.5 Å². The monoisotopic (exact) mass is 514 g/mol. The summed E-state index contributed by atoms with van der Waals surface area (Å²) in [6.07, 6.45) is 8.72. The highest BCUT2D eigenvalue weighted by Crippen LogP contribution is 2.19. The molecule has 3 aromatic rings. The highest BCUT2D eigenvalue weighted by Gasteiger charge is 2.24. The van der Waals surface area contributed by atoms with Gasteiger partial charge in [0.15, 0.2) is 0 Å². The number of alkyl carbamates (subject to hydrolysis) is 1. The quantitative estimate of drug-likeness (QED) is 0.395. The molecule has 1 amide bonds. The standard InChI is InChI=1S/C30H34N4O4/c1-6-7-8-24-15-22(10-9-20(24)2)17-32-27-19-31-26(18-33-27)23-13-11-21(12-14-23)16-25(28(35)36)34-29(37)38-30(3,4)5/h6-15,18-19,25H,2,16-17H2,1,3-5H3,(H,32,33)(H,34,37)(H,35,36)/b7-6-,24-8-/t25-/m0/s1. The fraction of sp³-hybridized carbons (Fsp3) is 0.267. The summed E-state index contributed by atoms with van der Waals surface area (Å²) >= 11 is 0. The lowest BCUT2D eigenvalue weighted by atomic mass is 10.0. The van der Waals surface area contributed by atoms with Crippen LogP contribution in [0.3, 0.4) is 0 Å². The van der Waals surface area contributed by atoms with Crippen LogP contribution >= 0.6 is 0 Å². The van der Waals surface area contributed by atoms with Gasteiger partial charge in [0.25, 0.3) is 0 Å². The lowest BCUT2D eigenvalue weighted by molar-refractivity contribution is -0.139. The van der Waals surface area contributed by atoms with Gasteiger partial charge in [-0.1, -0.05) is 61.2 Å². The zero-order valence-corrected chi connectivity index (χ0v) is 22.2. The molecule has 8 nitrogen and oxygen atoms in total. The van der Waals surface area contributed by atoms with Crippen molar-refractivity contribution in [1.82, 2.24) is 15.3 Å². The number of aromatic nitrogens is 2. The topological polar surface area (TPSA) is 113 Å². The van der Waals surface area contributed by atoms with Gasteiger partial charge >= 0.3 is 12.1 Å². The third-order valence-corrected chi connectivity index (χ3v) is 5.48. The van der Waals surface area contributed by atoms with Crippen molar-refractivity contribution in [1.29, 1.82) is 0 Å². The first kappa shape index (κ1) is 28.1. The van der Waals surface area contributed by atoms with Crippen LogP contribution in [0.15, 0.2) is 67.0 Å². The number of hydrogen-bond donors (Lipinski definition) is 3. The number of anilines is 1. The van der Waals surface area contributed by atoms with Crippen molar-refractivity contribution in [3.8, 4) is 11.3 Å². The SMILES string of the molecule is C=c1ccc(CNc2cnc(-c3ccc(C[C@H](NC(=O)OC(C)(C)C)C(=O)O)cc3)cn2)c/c1=C/C=C\C. The van der Waals surface area contributed by atoms with E-state index in [2.05, 4.69) is 33.2 Å². The molecule has 0 aliphatic rings. The Hall–Kier alpha value is -4.46. The highest BCUT2D eigenvalue weighted by molar-refractivity contribution is 5.80. The third kappa shape index (κ3) is 8.58. The average molecular weight is 515 g/mol. The van der Waals surface area contributed by atoms with Crippen LogP contribution in [-0.2, 0) is 22.5 Å². The minimum atomic E-state index is -1.14. The first-order chi connectivity index (χ1) is 18.0. The molecule has 1 heterocycles. The third-order valence-electron chi connectivity index (χ3n) is 5.48. The van der Waals surface area contributed by atoms with Crippen LogP contribution < -0.4 is 21.1 Å². The number of ether oxygens (including phenoxy) is 1. The maximum atomic E-state index is 12.0. The zero-order chi connectivity index (χ0) is 27.7.